The zero-order valence-electron chi connectivity index (χ0n) is 24.8. The van der Waals surface area contributed by atoms with Crippen LogP contribution < -0.4 is 11.1 Å². The smallest absolute Gasteiger partial charge is 0.338 e. The Balaban J connectivity index is 1.60. The zero-order valence-corrected chi connectivity index (χ0v) is 18.8. The van der Waals surface area contributed by atoms with E-state index in [2.05, 4.69) is 5.32 Å². The molecule has 0 saturated carbocycles. The third-order valence-electron chi connectivity index (χ3n) is 5.33. The van der Waals surface area contributed by atoms with Gasteiger partial charge in [-0.15, -0.1) is 0 Å². The summed E-state index contributed by atoms with van der Waals surface area (Å²) in [6.45, 7) is -1.80. The number of aryl methyl sites for hydroxylation is 2. The molecule has 0 aliphatic heterocycles. The number of hydrogen-bond donors (Lipinski definition) is 2. The molecule has 4 aromatic carbocycles. The summed E-state index contributed by atoms with van der Waals surface area (Å²) < 4.78 is 54.8. The average Bonchev–Trinajstić information content (AvgIpc) is 2.87. The first-order valence-corrected chi connectivity index (χ1v) is 10.6. The van der Waals surface area contributed by atoms with Gasteiger partial charge in [-0.05, 0) is 59.5 Å². The van der Waals surface area contributed by atoms with Crippen molar-refractivity contribution < 1.29 is 22.6 Å². The first kappa shape index (κ1) is 16.6. The number of amides is 1. The van der Waals surface area contributed by atoms with Crippen LogP contribution in [0, 0.1) is 13.8 Å². The Morgan fingerprint density at radius 3 is 2.56 bits per heavy atom. The van der Waals surface area contributed by atoms with Crippen molar-refractivity contribution in [2.45, 2.75) is 26.3 Å². The van der Waals surface area contributed by atoms with Crippen LogP contribution in [-0.2, 0) is 16.1 Å². The van der Waals surface area contributed by atoms with Gasteiger partial charge in [0, 0.05) is 16.3 Å². The molecule has 0 unspecified atom stereocenters. The SMILES string of the molecule is [2H]c1cccc2cc(NC(=O)[C@]([2H])(c3ccc(C([2H])([2H])OC(=O)c4ccc(C)cc4C)cc3)C([2H])([2H])N)ccc12. The predicted octanol–water partition coefficient (Wildman–Crippen LogP) is 5.49. The molecule has 3 N–H and O–H groups in total. The number of esters is 1. The van der Waals surface area contributed by atoms with E-state index < -0.39 is 30.8 Å². The summed E-state index contributed by atoms with van der Waals surface area (Å²) in [5.41, 5.74) is 7.59. The first-order valence-electron chi connectivity index (χ1n) is 13.6. The van der Waals surface area contributed by atoms with E-state index in [1.165, 1.54) is 24.3 Å². The van der Waals surface area contributed by atoms with E-state index in [0.717, 1.165) is 5.56 Å². The minimum atomic E-state index is -2.84. The van der Waals surface area contributed by atoms with Gasteiger partial charge in [-0.1, -0.05) is 72.3 Å². The molecule has 172 valence electrons. The highest BCUT2D eigenvalue weighted by Gasteiger charge is 2.19. The van der Waals surface area contributed by atoms with Crippen molar-refractivity contribution in [3.05, 3.63) is 113 Å². The van der Waals surface area contributed by atoms with E-state index in [0.29, 0.717) is 22.4 Å². The Bertz CT molecular complexity index is 1600. The minimum Gasteiger partial charge on any atom is -0.457 e. The number of nitrogens with two attached hydrogens (primary N) is 1. The molecule has 1 atom stereocenters. The number of fused-ring (bicyclic) bond motifs is 1. The van der Waals surface area contributed by atoms with Gasteiger partial charge in [0.1, 0.15) is 6.56 Å². The standard InChI is InChI=1S/C29H28N2O3/c1-19-7-14-26(20(2)15-19)29(33)34-18-21-8-10-23(11-9-21)27(17-30)28(32)31-25-13-12-22-5-3-4-6-24(22)16-25/h3-16,27H,17-18,30H2,1-2H3,(H,31,32)/t27-/m0/s1/i5D,17D2,18D2,27D. The van der Waals surface area contributed by atoms with E-state index in [9.17, 15) is 9.59 Å². The summed E-state index contributed by atoms with van der Waals surface area (Å²) >= 11 is 0. The van der Waals surface area contributed by atoms with Gasteiger partial charge in [0.2, 0.25) is 5.91 Å². The van der Waals surface area contributed by atoms with Crippen LogP contribution in [0.3, 0.4) is 0 Å². The number of carbonyl (C=O) groups is 2. The van der Waals surface area contributed by atoms with Gasteiger partial charge >= 0.3 is 5.97 Å². The normalized spacial score (nSPS) is 16.1. The fourth-order valence-corrected chi connectivity index (χ4v) is 3.58. The molecule has 4 rings (SSSR count). The maximum atomic E-state index is 13.3. The van der Waals surface area contributed by atoms with Crippen LogP contribution in [0.1, 0.15) is 46.7 Å². The van der Waals surface area contributed by atoms with Crippen molar-refractivity contribution in [1.29, 1.82) is 0 Å². The summed E-state index contributed by atoms with van der Waals surface area (Å²) in [4.78, 5) is 26.0. The van der Waals surface area contributed by atoms with Crippen molar-refractivity contribution >= 4 is 28.3 Å². The molecule has 0 fully saturated rings. The molecule has 34 heavy (non-hydrogen) atoms. The molecule has 0 radical (unpaired) electrons. The van der Waals surface area contributed by atoms with Gasteiger partial charge in [-0.3, -0.25) is 4.79 Å². The molecule has 1 amide bonds. The van der Waals surface area contributed by atoms with Gasteiger partial charge in [0.15, 0.2) is 0 Å². The zero-order chi connectivity index (χ0) is 29.5. The average molecular weight is 459 g/mol. The molecular weight excluding hydrogens is 424 g/mol. The van der Waals surface area contributed by atoms with Crippen molar-refractivity contribution in [2.24, 2.45) is 5.73 Å². The quantitative estimate of drug-likeness (QED) is 0.359. The number of rotatable bonds is 7. The summed E-state index contributed by atoms with van der Waals surface area (Å²) in [6.07, 6.45) is 0. The van der Waals surface area contributed by atoms with Gasteiger partial charge in [0.05, 0.1) is 15.6 Å². The Hall–Kier alpha value is -3.96. The van der Waals surface area contributed by atoms with Gasteiger partial charge in [0.25, 0.3) is 0 Å². The van der Waals surface area contributed by atoms with Crippen LogP contribution >= 0.6 is 0 Å². The van der Waals surface area contributed by atoms with Crippen molar-refractivity contribution in [2.75, 3.05) is 11.8 Å². The number of benzene rings is 4. The van der Waals surface area contributed by atoms with E-state index in [4.69, 9.17) is 18.7 Å². The van der Waals surface area contributed by atoms with Gasteiger partial charge < -0.3 is 15.8 Å². The molecule has 5 nitrogen and oxygen atoms in total. The van der Waals surface area contributed by atoms with Crippen LogP contribution in [0.4, 0.5) is 5.69 Å². The van der Waals surface area contributed by atoms with Gasteiger partial charge in [-0.2, -0.15) is 0 Å². The minimum absolute atomic E-state index is 0.0737. The predicted molar refractivity (Wildman–Crippen MR) is 136 cm³/mol. The molecule has 4 aromatic rings. The molecule has 0 spiro atoms. The summed E-state index contributed by atoms with van der Waals surface area (Å²) in [7, 11) is 0. The fourth-order valence-electron chi connectivity index (χ4n) is 3.58. The monoisotopic (exact) mass is 458 g/mol. The Kier molecular flexibility index (Phi) is 5.04. The highest BCUT2D eigenvalue weighted by molar-refractivity contribution is 5.98. The third kappa shape index (κ3) is 5.33. The molecule has 0 aromatic heterocycles. The Morgan fingerprint density at radius 1 is 1.03 bits per heavy atom. The second-order valence-electron chi connectivity index (χ2n) is 7.83. The second kappa shape index (κ2) is 10.3. The molecule has 5 heteroatoms. The van der Waals surface area contributed by atoms with Crippen molar-refractivity contribution in [1.82, 2.24) is 0 Å². The molecular formula is C29H28N2O3. The topological polar surface area (TPSA) is 81.4 Å². The first-order chi connectivity index (χ1) is 18.6. The summed E-state index contributed by atoms with van der Waals surface area (Å²) in [5, 5.41) is 3.89. The van der Waals surface area contributed by atoms with Crippen LogP contribution in [0.5, 0.6) is 0 Å². The van der Waals surface area contributed by atoms with Crippen molar-refractivity contribution in [3.8, 4) is 0 Å². The second-order valence-corrected chi connectivity index (χ2v) is 7.83. The molecule has 0 heterocycles. The van der Waals surface area contributed by atoms with Crippen LogP contribution in [-0.4, -0.2) is 18.4 Å². The van der Waals surface area contributed by atoms with Crippen LogP contribution in [0.25, 0.3) is 10.8 Å². The largest absolute Gasteiger partial charge is 0.457 e. The fraction of sp³-hybridized carbons (Fsp3) is 0.172. The maximum Gasteiger partial charge on any atom is 0.338 e. The molecule has 0 aliphatic carbocycles. The van der Waals surface area contributed by atoms with E-state index in [-0.39, 0.29) is 22.4 Å². The lowest BCUT2D eigenvalue weighted by molar-refractivity contribution is -0.117. The number of anilines is 1. The highest BCUT2D eigenvalue weighted by Crippen LogP contribution is 2.22. The lowest BCUT2D eigenvalue weighted by Gasteiger charge is -2.16. The van der Waals surface area contributed by atoms with Crippen LogP contribution in [0.15, 0.2) is 84.9 Å². The number of nitrogens with one attached hydrogen (secondary N) is 1. The lowest BCUT2D eigenvalue weighted by atomic mass is 9.97. The number of hydrogen-bond acceptors (Lipinski definition) is 4. The maximum absolute atomic E-state index is 13.3. The Morgan fingerprint density at radius 2 is 1.82 bits per heavy atom. The number of ether oxygens (including phenoxy) is 1. The number of carbonyl (C=O) groups excluding carboxylic acids is 2. The van der Waals surface area contributed by atoms with E-state index in [1.807, 2.05) is 6.92 Å². The molecule has 0 saturated heterocycles. The molecule has 0 bridgehead atoms. The van der Waals surface area contributed by atoms with Crippen LogP contribution in [0.2, 0.25) is 0 Å². The molecule has 0 aliphatic rings. The third-order valence-corrected chi connectivity index (χ3v) is 5.33. The van der Waals surface area contributed by atoms with Crippen molar-refractivity contribution in [3.63, 3.8) is 0 Å². The van der Waals surface area contributed by atoms with E-state index in [1.54, 1.807) is 61.5 Å². The Labute approximate surface area is 208 Å². The lowest BCUT2D eigenvalue weighted by Crippen LogP contribution is -2.27. The highest BCUT2D eigenvalue weighted by atomic mass is 16.5. The van der Waals surface area contributed by atoms with E-state index >= 15 is 0 Å². The van der Waals surface area contributed by atoms with Gasteiger partial charge in [-0.25, -0.2) is 4.79 Å². The summed E-state index contributed by atoms with van der Waals surface area (Å²) in [5.74, 6) is -4.52. The summed E-state index contributed by atoms with van der Waals surface area (Å²) in [6, 6.07) is 20.1.